The molecule has 2 heteroatoms. The highest BCUT2D eigenvalue weighted by Gasteiger charge is 2.13. The molecule has 74 valence electrons. The summed E-state index contributed by atoms with van der Waals surface area (Å²) in [6, 6.07) is 0.329. The van der Waals surface area contributed by atoms with Gasteiger partial charge < -0.3 is 11.5 Å². The van der Waals surface area contributed by atoms with E-state index in [1.807, 2.05) is 0 Å². The lowest BCUT2D eigenvalue weighted by atomic mass is 9.92. The summed E-state index contributed by atoms with van der Waals surface area (Å²) in [5.41, 5.74) is 11.7. The molecule has 0 fully saturated rings. The molecule has 12 heavy (non-hydrogen) atoms. The average molecular weight is 172 g/mol. The standard InChI is InChI=1S/C10H24N2/c1-3-5-7-10(12)9(8-11)6-4-2/h9-10H,3-8,11-12H2,1-2H3/t9-,10+/m0/s1. The van der Waals surface area contributed by atoms with E-state index >= 15 is 0 Å². The third-order valence-electron chi connectivity index (χ3n) is 2.46. The predicted molar refractivity (Wildman–Crippen MR) is 55.0 cm³/mol. The molecule has 0 rings (SSSR count). The van der Waals surface area contributed by atoms with E-state index in [-0.39, 0.29) is 0 Å². The molecule has 0 aliphatic carbocycles. The normalized spacial score (nSPS) is 16.0. The van der Waals surface area contributed by atoms with Gasteiger partial charge >= 0.3 is 0 Å². The molecule has 0 aromatic rings. The number of unbranched alkanes of at least 4 members (excludes halogenated alkanes) is 1. The lowest BCUT2D eigenvalue weighted by Gasteiger charge is -2.21. The molecule has 0 saturated heterocycles. The Labute approximate surface area is 76.7 Å². The van der Waals surface area contributed by atoms with E-state index in [9.17, 15) is 0 Å². The maximum absolute atomic E-state index is 6.02. The first-order valence-corrected chi connectivity index (χ1v) is 5.21. The lowest BCUT2D eigenvalue weighted by molar-refractivity contribution is 0.373. The maximum atomic E-state index is 6.02. The fourth-order valence-electron chi connectivity index (χ4n) is 1.55. The van der Waals surface area contributed by atoms with Crippen LogP contribution in [-0.2, 0) is 0 Å². The smallest absolute Gasteiger partial charge is 0.00791 e. The van der Waals surface area contributed by atoms with Gasteiger partial charge in [-0.2, -0.15) is 0 Å². The molecule has 0 aliphatic heterocycles. The fraction of sp³-hybridized carbons (Fsp3) is 1.00. The summed E-state index contributed by atoms with van der Waals surface area (Å²) in [5, 5.41) is 0. The van der Waals surface area contributed by atoms with Crippen molar-refractivity contribution in [2.45, 2.75) is 52.0 Å². The summed E-state index contributed by atoms with van der Waals surface area (Å²) in [7, 11) is 0. The van der Waals surface area contributed by atoms with Gasteiger partial charge in [0.05, 0.1) is 0 Å². The van der Waals surface area contributed by atoms with Crippen LogP contribution in [0.1, 0.15) is 46.0 Å². The van der Waals surface area contributed by atoms with Gasteiger partial charge in [0.15, 0.2) is 0 Å². The second-order valence-corrected chi connectivity index (χ2v) is 3.59. The Balaban J connectivity index is 3.60. The summed E-state index contributed by atoms with van der Waals surface area (Å²) >= 11 is 0. The van der Waals surface area contributed by atoms with Crippen LogP contribution in [0.5, 0.6) is 0 Å². The minimum Gasteiger partial charge on any atom is -0.330 e. The van der Waals surface area contributed by atoms with Crippen molar-refractivity contribution in [3.8, 4) is 0 Å². The van der Waals surface area contributed by atoms with Crippen molar-refractivity contribution in [3.63, 3.8) is 0 Å². The Hall–Kier alpha value is -0.0800. The van der Waals surface area contributed by atoms with Gasteiger partial charge in [-0.3, -0.25) is 0 Å². The van der Waals surface area contributed by atoms with Crippen molar-refractivity contribution in [3.05, 3.63) is 0 Å². The van der Waals surface area contributed by atoms with Crippen molar-refractivity contribution in [2.24, 2.45) is 17.4 Å². The summed E-state index contributed by atoms with van der Waals surface area (Å²) in [4.78, 5) is 0. The van der Waals surface area contributed by atoms with Crippen LogP contribution in [0.3, 0.4) is 0 Å². The predicted octanol–water partition coefficient (Wildman–Crippen LogP) is 1.88. The molecule has 2 atom stereocenters. The molecular weight excluding hydrogens is 148 g/mol. The van der Waals surface area contributed by atoms with Gasteiger partial charge in [-0.1, -0.05) is 33.1 Å². The van der Waals surface area contributed by atoms with Crippen LogP contribution in [0, 0.1) is 5.92 Å². The SMILES string of the molecule is CCCC[C@@H](N)[C@H](CN)CCC. The van der Waals surface area contributed by atoms with E-state index in [0.29, 0.717) is 12.0 Å². The third-order valence-corrected chi connectivity index (χ3v) is 2.46. The molecule has 0 heterocycles. The highest BCUT2D eigenvalue weighted by Crippen LogP contribution is 2.13. The van der Waals surface area contributed by atoms with Gasteiger partial charge in [-0.25, -0.2) is 0 Å². The molecule has 0 saturated carbocycles. The third kappa shape index (κ3) is 4.73. The van der Waals surface area contributed by atoms with Crippen LogP contribution in [0.4, 0.5) is 0 Å². The van der Waals surface area contributed by atoms with Crippen molar-refractivity contribution in [1.82, 2.24) is 0 Å². The molecule has 0 unspecified atom stereocenters. The van der Waals surface area contributed by atoms with Crippen LogP contribution >= 0.6 is 0 Å². The van der Waals surface area contributed by atoms with Crippen LogP contribution in [0.25, 0.3) is 0 Å². The van der Waals surface area contributed by atoms with E-state index in [2.05, 4.69) is 13.8 Å². The van der Waals surface area contributed by atoms with E-state index in [4.69, 9.17) is 11.5 Å². The van der Waals surface area contributed by atoms with E-state index < -0.39 is 0 Å². The van der Waals surface area contributed by atoms with Crippen LogP contribution in [0.2, 0.25) is 0 Å². The molecule has 4 N–H and O–H groups in total. The first-order valence-electron chi connectivity index (χ1n) is 5.21. The van der Waals surface area contributed by atoms with Gasteiger partial charge in [-0.15, -0.1) is 0 Å². The monoisotopic (exact) mass is 172 g/mol. The van der Waals surface area contributed by atoms with Crippen molar-refractivity contribution < 1.29 is 0 Å². The van der Waals surface area contributed by atoms with Crippen LogP contribution < -0.4 is 11.5 Å². The minimum absolute atomic E-state index is 0.329. The van der Waals surface area contributed by atoms with E-state index in [0.717, 1.165) is 13.0 Å². The van der Waals surface area contributed by atoms with Crippen molar-refractivity contribution in [1.29, 1.82) is 0 Å². The second-order valence-electron chi connectivity index (χ2n) is 3.59. The second kappa shape index (κ2) is 7.56. The first kappa shape index (κ1) is 11.9. The highest BCUT2D eigenvalue weighted by molar-refractivity contribution is 4.73. The zero-order valence-electron chi connectivity index (χ0n) is 8.55. The number of hydrogen-bond acceptors (Lipinski definition) is 2. The minimum atomic E-state index is 0.329. The first-order chi connectivity index (χ1) is 5.76. The molecule has 0 amide bonds. The van der Waals surface area contributed by atoms with Crippen LogP contribution in [0.15, 0.2) is 0 Å². The van der Waals surface area contributed by atoms with Crippen molar-refractivity contribution >= 4 is 0 Å². The molecular formula is C10H24N2. The number of hydrogen-bond donors (Lipinski definition) is 2. The van der Waals surface area contributed by atoms with Crippen LogP contribution in [-0.4, -0.2) is 12.6 Å². The van der Waals surface area contributed by atoms with Crippen molar-refractivity contribution in [2.75, 3.05) is 6.54 Å². The topological polar surface area (TPSA) is 52.0 Å². The maximum Gasteiger partial charge on any atom is 0.00791 e. The summed E-state index contributed by atoms with van der Waals surface area (Å²) < 4.78 is 0. The Morgan fingerprint density at radius 3 is 2.17 bits per heavy atom. The molecule has 0 radical (unpaired) electrons. The molecule has 0 aromatic carbocycles. The van der Waals surface area contributed by atoms with Gasteiger partial charge in [0, 0.05) is 6.04 Å². The molecule has 0 aromatic heterocycles. The van der Waals surface area contributed by atoms with E-state index in [1.54, 1.807) is 0 Å². The fourth-order valence-corrected chi connectivity index (χ4v) is 1.55. The van der Waals surface area contributed by atoms with Gasteiger partial charge in [0.25, 0.3) is 0 Å². The molecule has 0 spiro atoms. The van der Waals surface area contributed by atoms with Gasteiger partial charge in [0.1, 0.15) is 0 Å². The van der Waals surface area contributed by atoms with Gasteiger partial charge in [0.2, 0.25) is 0 Å². The largest absolute Gasteiger partial charge is 0.330 e. The summed E-state index contributed by atoms with van der Waals surface area (Å²) in [6.45, 7) is 5.14. The zero-order chi connectivity index (χ0) is 9.40. The Kier molecular flexibility index (Phi) is 7.51. The summed E-state index contributed by atoms with van der Waals surface area (Å²) in [6.07, 6.45) is 5.99. The Morgan fingerprint density at radius 2 is 1.75 bits per heavy atom. The summed E-state index contributed by atoms with van der Waals surface area (Å²) in [5.74, 6) is 0.543. The molecule has 2 nitrogen and oxygen atoms in total. The Morgan fingerprint density at radius 1 is 1.08 bits per heavy atom. The molecule has 0 bridgehead atoms. The zero-order valence-corrected chi connectivity index (χ0v) is 8.55. The lowest BCUT2D eigenvalue weighted by Crippen LogP contribution is -2.34. The highest BCUT2D eigenvalue weighted by atomic mass is 14.7. The quantitative estimate of drug-likeness (QED) is 0.616. The Bertz CT molecular complexity index is 93.8. The van der Waals surface area contributed by atoms with E-state index in [1.165, 1.54) is 25.7 Å². The number of nitrogens with two attached hydrogens (primary N) is 2. The average Bonchev–Trinajstić information content (AvgIpc) is 2.10. The van der Waals surface area contributed by atoms with Gasteiger partial charge in [-0.05, 0) is 25.3 Å². The number of rotatable bonds is 7. The molecule has 0 aliphatic rings.